The minimum atomic E-state index is 0.809. The molecule has 1 heterocycles. The zero-order chi connectivity index (χ0) is 13.5. The summed E-state index contributed by atoms with van der Waals surface area (Å²) in [6.45, 7) is 9.89. The Morgan fingerprint density at radius 1 is 1.11 bits per heavy atom. The van der Waals surface area contributed by atoms with E-state index in [1.54, 1.807) is 0 Å². The van der Waals surface area contributed by atoms with E-state index in [0.29, 0.717) is 0 Å². The van der Waals surface area contributed by atoms with Crippen LogP contribution in [-0.4, -0.2) is 37.1 Å². The van der Waals surface area contributed by atoms with Crippen LogP contribution in [0.4, 0.5) is 0 Å². The maximum Gasteiger partial charge on any atom is 0.0223 e. The van der Waals surface area contributed by atoms with Gasteiger partial charge in [-0.1, -0.05) is 39.5 Å². The number of hydrogen-bond donors (Lipinski definition) is 1. The van der Waals surface area contributed by atoms with Gasteiger partial charge < -0.3 is 10.2 Å². The highest BCUT2D eigenvalue weighted by molar-refractivity contribution is 4.89. The molecule has 112 valence electrons. The molecule has 0 amide bonds. The van der Waals surface area contributed by atoms with Crippen LogP contribution in [0.1, 0.15) is 65.2 Å². The molecule has 2 aliphatic rings. The highest BCUT2D eigenvalue weighted by Crippen LogP contribution is 2.33. The lowest BCUT2D eigenvalue weighted by Crippen LogP contribution is -2.39. The van der Waals surface area contributed by atoms with Crippen LogP contribution in [0.5, 0.6) is 0 Å². The van der Waals surface area contributed by atoms with E-state index in [0.717, 1.165) is 17.9 Å². The van der Waals surface area contributed by atoms with Gasteiger partial charge in [-0.15, -0.1) is 0 Å². The van der Waals surface area contributed by atoms with E-state index in [1.807, 2.05) is 0 Å². The van der Waals surface area contributed by atoms with Crippen LogP contribution in [0.2, 0.25) is 0 Å². The van der Waals surface area contributed by atoms with Crippen molar-refractivity contribution in [1.29, 1.82) is 0 Å². The lowest BCUT2D eigenvalue weighted by Gasteiger charge is -2.24. The molecule has 1 aliphatic heterocycles. The summed E-state index contributed by atoms with van der Waals surface area (Å²) in [7, 11) is 0. The first kappa shape index (κ1) is 15.3. The number of rotatable bonds is 8. The van der Waals surface area contributed by atoms with Crippen molar-refractivity contribution < 1.29 is 0 Å². The smallest absolute Gasteiger partial charge is 0.0223 e. The fourth-order valence-electron chi connectivity index (χ4n) is 3.28. The third-order valence-electron chi connectivity index (χ3n) is 4.71. The van der Waals surface area contributed by atoms with E-state index < -0.39 is 0 Å². The molecular formula is C17H34N2. The van der Waals surface area contributed by atoms with Gasteiger partial charge in [0.1, 0.15) is 0 Å². The molecule has 2 rings (SSSR count). The molecule has 2 fully saturated rings. The zero-order valence-corrected chi connectivity index (χ0v) is 13.2. The van der Waals surface area contributed by atoms with Crippen molar-refractivity contribution in [3.8, 4) is 0 Å². The molecule has 0 aromatic carbocycles. The first-order valence-corrected chi connectivity index (χ1v) is 8.71. The molecule has 1 unspecified atom stereocenters. The van der Waals surface area contributed by atoms with E-state index in [-0.39, 0.29) is 0 Å². The largest absolute Gasteiger partial charge is 0.312 e. The average Bonchev–Trinajstić information content (AvgIpc) is 3.18. The predicted molar refractivity (Wildman–Crippen MR) is 83.5 cm³/mol. The SMILES string of the molecule is CC(C)CCCCCCN1CCCNC(C2CC2)C1. The minimum absolute atomic E-state index is 0.809. The van der Waals surface area contributed by atoms with E-state index in [4.69, 9.17) is 0 Å². The van der Waals surface area contributed by atoms with Crippen LogP contribution in [0.3, 0.4) is 0 Å². The van der Waals surface area contributed by atoms with Gasteiger partial charge in [-0.3, -0.25) is 0 Å². The van der Waals surface area contributed by atoms with Gasteiger partial charge in [-0.2, -0.15) is 0 Å². The number of nitrogens with zero attached hydrogens (tertiary/aromatic N) is 1. The molecule has 0 bridgehead atoms. The van der Waals surface area contributed by atoms with Crippen LogP contribution in [0.25, 0.3) is 0 Å². The maximum atomic E-state index is 3.76. The average molecular weight is 266 g/mol. The molecule has 0 radical (unpaired) electrons. The third kappa shape index (κ3) is 6.27. The van der Waals surface area contributed by atoms with Crippen molar-refractivity contribution in [2.24, 2.45) is 11.8 Å². The Hall–Kier alpha value is -0.0800. The Labute approximate surface area is 120 Å². The van der Waals surface area contributed by atoms with Crippen LogP contribution in [0, 0.1) is 11.8 Å². The second-order valence-electron chi connectivity index (χ2n) is 7.15. The second kappa shape index (κ2) is 8.26. The summed E-state index contributed by atoms with van der Waals surface area (Å²) in [5.74, 6) is 1.89. The maximum absolute atomic E-state index is 3.76. The zero-order valence-electron chi connectivity index (χ0n) is 13.2. The lowest BCUT2D eigenvalue weighted by atomic mass is 10.0. The molecule has 0 aromatic heterocycles. The fourth-order valence-corrected chi connectivity index (χ4v) is 3.28. The van der Waals surface area contributed by atoms with Crippen LogP contribution in [-0.2, 0) is 0 Å². The number of unbranched alkanes of at least 4 members (excludes halogenated alkanes) is 3. The minimum Gasteiger partial charge on any atom is -0.312 e. The van der Waals surface area contributed by atoms with Gasteiger partial charge >= 0.3 is 0 Å². The fraction of sp³-hybridized carbons (Fsp3) is 1.00. The van der Waals surface area contributed by atoms with Gasteiger partial charge in [-0.05, 0) is 57.2 Å². The lowest BCUT2D eigenvalue weighted by molar-refractivity contribution is 0.252. The van der Waals surface area contributed by atoms with Gasteiger partial charge in [-0.25, -0.2) is 0 Å². The first-order chi connectivity index (χ1) is 9.25. The molecule has 1 atom stereocenters. The monoisotopic (exact) mass is 266 g/mol. The Kier molecular flexibility index (Phi) is 6.66. The van der Waals surface area contributed by atoms with Crippen molar-refractivity contribution in [2.45, 2.75) is 71.3 Å². The van der Waals surface area contributed by atoms with Crippen LogP contribution < -0.4 is 5.32 Å². The standard InChI is InChI=1S/C17H34N2/c1-15(2)8-5-3-4-6-12-19-13-7-11-18-17(14-19)16-9-10-16/h15-18H,3-14H2,1-2H3. The highest BCUT2D eigenvalue weighted by atomic mass is 15.2. The first-order valence-electron chi connectivity index (χ1n) is 8.71. The molecule has 1 aliphatic carbocycles. The Bertz CT molecular complexity index is 235. The Morgan fingerprint density at radius 3 is 2.63 bits per heavy atom. The van der Waals surface area contributed by atoms with Crippen molar-refractivity contribution in [1.82, 2.24) is 10.2 Å². The van der Waals surface area contributed by atoms with Crippen LogP contribution >= 0.6 is 0 Å². The summed E-state index contributed by atoms with van der Waals surface area (Å²) < 4.78 is 0. The molecule has 0 aromatic rings. The van der Waals surface area contributed by atoms with Crippen molar-refractivity contribution in [3.05, 3.63) is 0 Å². The highest BCUT2D eigenvalue weighted by Gasteiger charge is 2.32. The van der Waals surface area contributed by atoms with Gasteiger partial charge in [0.15, 0.2) is 0 Å². The number of hydrogen-bond acceptors (Lipinski definition) is 2. The summed E-state index contributed by atoms with van der Waals surface area (Å²) in [6.07, 6.45) is 11.4. The normalized spacial score (nSPS) is 25.7. The van der Waals surface area contributed by atoms with Gasteiger partial charge in [0.25, 0.3) is 0 Å². The van der Waals surface area contributed by atoms with E-state index >= 15 is 0 Å². The second-order valence-corrected chi connectivity index (χ2v) is 7.15. The molecule has 1 saturated carbocycles. The van der Waals surface area contributed by atoms with E-state index in [1.165, 1.54) is 77.5 Å². The molecular weight excluding hydrogens is 232 g/mol. The van der Waals surface area contributed by atoms with Gasteiger partial charge in [0.2, 0.25) is 0 Å². The summed E-state index contributed by atoms with van der Waals surface area (Å²) in [5, 5.41) is 3.76. The van der Waals surface area contributed by atoms with Crippen molar-refractivity contribution in [2.75, 3.05) is 26.2 Å². The molecule has 2 nitrogen and oxygen atoms in total. The summed E-state index contributed by atoms with van der Waals surface area (Å²) in [4.78, 5) is 2.73. The molecule has 0 spiro atoms. The number of nitrogens with one attached hydrogen (secondary N) is 1. The van der Waals surface area contributed by atoms with Gasteiger partial charge in [0.05, 0.1) is 0 Å². The molecule has 2 heteroatoms. The van der Waals surface area contributed by atoms with E-state index in [2.05, 4.69) is 24.1 Å². The molecule has 1 N–H and O–H groups in total. The molecule has 1 saturated heterocycles. The van der Waals surface area contributed by atoms with E-state index in [9.17, 15) is 0 Å². The predicted octanol–water partition coefficient (Wildman–Crippen LogP) is 3.67. The summed E-state index contributed by atoms with van der Waals surface area (Å²) in [5.41, 5.74) is 0. The Balaban J connectivity index is 1.53. The molecule has 19 heavy (non-hydrogen) atoms. The quantitative estimate of drug-likeness (QED) is 0.674. The third-order valence-corrected chi connectivity index (χ3v) is 4.71. The van der Waals surface area contributed by atoms with Gasteiger partial charge in [0, 0.05) is 12.6 Å². The van der Waals surface area contributed by atoms with Crippen molar-refractivity contribution >= 4 is 0 Å². The Morgan fingerprint density at radius 2 is 1.89 bits per heavy atom. The van der Waals surface area contributed by atoms with Crippen LogP contribution in [0.15, 0.2) is 0 Å². The summed E-state index contributed by atoms with van der Waals surface area (Å²) >= 11 is 0. The van der Waals surface area contributed by atoms with Crippen molar-refractivity contribution in [3.63, 3.8) is 0 Å². The topological polar surface area (TPSA) is 15.3 Å². The summed E-state index contributed by atoms with van der Waals surface area (Å²) in [6, 6.07) is 0.809.